The van der Waals surface area contributed by atoms with Gasteiger partial charge in [-0.15, -0.1) is 0 Å². The van der Waals surface area contributed by atoms with E-state index in [9.17, 15) is 14.4 Å². The van der Waals surface area contributed by atoms with Gasteiger partial charge < -0.3 is 29.2 Å². The number of halogens is 2. The molecule has 1 saturated heterocycles. The number of esters is 2. The monoisotopic (exact) mass is 548 g/mol. The zero-order valence-corrected chi connectivity index (χ0v) is 21.7. The number of amides is 1. The first-order valence-electron chi connectivity index (χ1n) is 10.5. The van der Waals surface area contributed by atoms with E-state index in [4.69, 9.17) is 25.8 Å². The SMILES string of the molecule is COC(=O)CCC(Oc1cc(Br)c(Cl)cc1NCC1CN(C(=O)OC(C)(C)C)C1)C(=O)OC. The minimum Gasteiger partial charge on any atom is -0.477 e. The number of rotatable bonds is 9. The summed E-state index contributed by atoms with van der Waals surface area (Å²) in [5.41, 5.74) is 0.0381. The molecule has 33 heavy (non-hydrogen) atoms. The van der Waals surface area contributed by atoms with Crippen LogP contribution in [0.1, 0.15) is 33.6 Å². The van der Waals surface area contributed by atoms with Crippen LogP contribution in [0.15, 0.2) is 16.6 Å². The fourth-order valence-corrected chi connectivity index (χ4v) is 3.54. The van der Waals surface area contributed by atoms with E-state index in [1.165, 1.54) is 14.2 Å². The lowest BCUT2D eigenvalue weighted by atomic mass is 10.0. The standard InChI is InChI=1S/C22H30BrClN2O7/c1-22(2,3)33-21(29)26-11-13(12-26)10-25-16-9-15(24)14(23)8-18(16)32-17(20(28)31-5)6-7-19(27)30-4/h8-9,13,17,25H,6-7,10-12H2,1-5H3. The van der Waals surface area contributed by atoms with E-state index < -0.39 is 23.6 Å². The smallest absolute Gasteiger partial charge is 0.410 e. The van der Waals surface area contributed by atoms with Crippen molar-refractivity contribution in [1.29, 1.82) is 0 Å². The van der Waals surface area contributed by atoms with Gasteiger partial charge in [0.15, 0.2) is 6.10 Å². The van der Waals surface area contributed by atoms with Crippen molar-refractivity contribution in [2.45, 2.75) is 45.3 Å². The summed E-state index contributed by atoms with van der Waals surface area (Å²) in [4.78, 5) is 37.5. The van der Waals surface area contributed by atoms with Crippen LogP contribution in [-0.2, 0) is 23.8 Å². The van der Waals surface area contributed by atoms with Gasteiger partial charge in [-0.1, -0.05) is 11.6 Å². The number of ether oxygens (including phenoxy) is 4. The molecule has 0 aliphatic carbocycles. The predicted molar refractivity (Wildman–Crippen MR) is 127 cm³/mol. The summed E-state index contributed by atoms with van der Waals surface area (Å²) in [5, 5.41) is 3.73. The fraction of sp³-hybridized carbons (Fsp3) is 0.591. The first-order chi connectivity index (χ1) is 15.4. The minimum atomic E-state index is -1.01. The number of nitrogens with zero attached hydrogens (tertiary/aromatic N) is 1. The molecular formula is C22H30BrClN2O7. The Labute approximate surface area is 207 Å². The van der Waals surface area contributed by atoms with Crippen LogP contribution in [0.2, 0.25) is 5.02 Å². The Balaban J connectivity index is 2.03. The number of methoxy groups -OCH3 is 2. The third-order valence-corrected chi connectivity index (χ3v) is 5.98. The molecule has 9 nitrogen and oxygen atoms in total. The maximum absolute atomic E-state index is 12.2. The van der Waals surface area contributed by atoms with Crippen LogP contribution >= 0.6 is 27.5 Å². The van der Waals surface area contributed by atoms with Gasteiger partial charge in [0.05, 0.1) is 24.9 Å². The van der Waals surface area contributed by atoms with Gasteiger partial charge in [-0.25, -0.2) is 9.59 Å². The number of carbonyl (C=O) groups excluding carboxylic acids is 3. The first-order valence-corrected chi connectivity index (χ1v) is 11.6. The van der Waals surface area contributed by atoms with E-state index >= 15 is 0 Å². The Hall–Kier alpha value is -2.20. The molecule has 1 unspecified atom stereocenters. The average Bonchev–Trinajstić information content (AvgIpc) is 2.70. The molecular weight excluding hydrogens is 520 g/mol. The quantitative estimate of drug-likeness (QED) is 0.360. The van der Waals surface area contributed by atoms with Gasteiger partial charge in [0.2, 0.25) is 0 Å². The summed E-state index contributed by atoms with van der Waals surface area (Å²) in [7, 11) is 2.53. The van der Waals surface area contributed by atoms with Gasteiger partial charge in [-0.3, -0.25) is 4.79 Å². The van der Waals surface area contributed by atoms with Crippen LogP contribution in [0.5, 0.6) is 5.75 Å². The van der Waals surface area contributed by atoms with Crippen LogP contribution in [0.25, 0.3) is 0 Å². The molecule has 184 valence electrons. The zero-order chi connectivity index (χ0) is 24.8. The third kappa shape index (κ3) is 8.26. The van der Waals surface area contributed by atoms with E-state index in [0.717, 1.165) is 0 Å². The van der Waals surface area contributed by atoms with Gasteiger partial charge in [-0.05, 0) is 48.8 Å². The van der Waals surface area contributed by atoms with Crippen molar-refractivity contribution in [2.75, 3.05) is 39.2 Å². The number of hydrogen-bond acceptors (Lipinski definition) is 8. The number of likely N-dealkylation sites (tertiary alicyclic amines) is 1. The fourth-order valence-electron chi connectivity index (χ4n) is 3.05. The number of anilines is 1. The molecule has 11 heteroatoms. The van der Waals surface area contributed by atoms with Crippen LogP contribution in [0.4, 0.5) is 10.5 Å². The molecule has 1 fully saturated rings. The van der Waals surface area contributed by atoms with E-state index in [1.807, 2.05) is 20.8 Å². The summed E-state index contributed by atoms with van der Waals surface area (Å²) < 4.78 is 21.3. The van der Waals surface area contributed by atoms with E-state index in [2.05, 4.69) is 26.0 Å². The molecule has 0 radical (unpaired) electrons. The van der Waals surface area contributed by atoms with Crippen molar-refractivity contribution in [3.05, 3.63) is 21.6 Å². The zero-order valence-electron chi connectivity index (χ0n) is 19.4. The van der Waals surface area contributed by atoms with E-state index in [1.54, 1.807) is 17.0 Å². The molecule has 1 aliphatic heterocycles. The van der Waals surface area contributed by atoms with Gasteiger partial charge in [0.25, 0.3) is 0 Å². The van der Waals surface area contributed by atoms with Crippen molar-refractivity contribution >= 4 is 51.3 Å². The van der Waals surface area contributed by atoms with Gasteiger partial charge in [0.1, 0.15) is 11.4 Å². The van der Waals surface area contributed by atoms with Crippen molar-refractivity contribution < 1.29 is 33.3 Å². The molecule has 0 bridgehead atoms. The second-order valence-electron chi connectivity index (χ2n) is 8.64. The maximum atomic E-state index is 12.2. The maximum Gasteiger partial charge on any atom is 0.410 e. The van der Waals surface area contributed by atoms with Crippen LogP contribution in [-0.4, -0.2) is 68.5 Å². The Kier molecular flexibility index (Phi) is 9.66. The highest BCUT2D eigenvalue weighted by Gasteiger charge is 2.33. The van der Waals surface area contributed by atoms with Gasteiger partial charge in [-0.2, -0.15) is 0 Å². The average molecular weight is 550 g/mol. The normalized spacial score (nSPS) is 14.7. The topological polar surface area (TPSA) is 103 Å². The Morgan fingerprint density at radius 3 is 2.45 bits per heavy atom. The molecule has 0 saturated carbocycles. The van der Waals surface area contributed by atoms with E-state index in [-0.39, 0.29) is 24.9 Å². The first kappa shape index (κ1) is 27.0. The largest absolute Gasteiger partial charge is 0.477 e. The molecule has 1 aromatic carbocycles. The summed E-state index contributed by atoms with van der Waals surface area (Å²) in [6.07, 6.45) is -1.25. The number of hydrogen-bond donors (Lipinski definition) is 1. The van der Waals surface area contributed by atoms with Crippen molar-refractivity contribution in [3.63, 3.8) is 0 Å². The Morgan fingerprint density at radius 1 is 1.21 bits per heavy atom. The van der Waals surface area contributed by atoms with E-state index in [0.29, 0.717) is 40.6 Å². The molecule has 0 aromatic heterocycles. The second-order valence-corrected chi connectivity index (χ2v) is 9.90. The highest BCUT2D eigenvalue weighted by Crippen LogP contribution is 2.36. The molecule has 1 atom stereocenters. The highest BCUT2D eigenvalue weighted by atomic mass is 79.9. The number of carbonyl (C=O) groups is 3. The van der Waals surface area contributed by atoms with Crippen LogP contribution in [0.3, 0.4) is 0 Å². The molecule has 1 N–H and O–H groups in total. The Morgan fingerprint density at radius 2 is 1.88 bits per heavy atom. The lowest BCUT2D eigenvalue weighted by molar-refractivity contribution is -0.150. The summed E-state index contributed by atoms with van der Waals surface area (Å²) in [6, 6.07) is 3.33. The minimum absolute atomic E-state index is 0.00361. The van der Waals surface area contributed by atoms with Crippen LogP contribution < -0.4 is 10.1 Å². The van der Waals surface area contributed by atoms with Gasteiger partial charge in [0, 0.05) is 42.9 Å². The van der Waals surface area contributed by atoms with Crippen molar-refractivity contribution in [1.82, 2.24) is 4.90 Å². The molecule has 1 heterocycles. The van der Waals surface area contributed by atoms with Crippen molar-refractivity contribution in [2.24, 2.45) is 5.92 Å². The summed E-state index contributed by atoms with van der Waals surface area (Å²) >= 11 is 9.62. The van der Waals surface area contributed by atoms with Gasteiger partial charge >= 0.3 is 18.0 Å². The van der Waals surface area contributed by atoms with Crippen molar-refractivity contribution in [3.8, 4) is 5.75 Å². The Bertz CT molecular complexity index is 869. The highest BCUT2D eigenvalue weighted by molar-refractivity contribution is 9.10. The molecule has 0 spiro atoms. The second kappa shape index (κ2) is 11.8. The lowest BCUT2D eigenvalue weighted by Gasteiger charge is -2.40. The lowest BCUT2D eigenvalue weighted by Crippen LogP contribution is -2.53. The molecule has 2 rings (SSSR count). The summed E-state index contributed by atoms with van der Waals surface area (Å²) in [6.45, 7) is 7.16. The predicted octanol–water partition coefficient (Wildman–Crippen LogP) is 4.25. The molecule has 1 aromatic rings. The number of benzene rings is 1. The molecule has 1 amide bonds. The molecule has 1 aliphatic rings. The third-order valence-electron chi connectivity index (χ3n) is 4.78. The van der Waals surface area contributed by atoms with Crippen LogP contribution in [0, 0.1) is 5.92 Å². The summed E-state index contributed by atoms with van der Waals surface area (Å²) in [5.74, 6) is -0.482. The number of nitrogens with one attached hydrogen (secondary N) is 1.